The van der Waals surface area contributed by atoms with Gasteiger partial charge in [0.25, 0.3) is 10.2 Å². The maximum absolute atomic E-state index is 11.3. The predicted octanol–water partition coefficient (Wildman–Crippen LogP) is 1.30. The second-order valence-electron chi connectivity index (χ2n) is 2.84. The Kier molecular flexibility index (Phi) is 3.95. The Hall–Kier alpha value is -0.790. The van der Waals surface area contributed by atoms with Crippen LogP contribution in [0.3, 0.4) is 0 Å². The highest BCUT2D eigenvalue weighted by Crippen LogP contribution is 2.23. The lowest BCUT2D eigenvalue weighted by Crippen LogP contribution is -2.29. The normalized spacial score (nSPS) is 11.3. The van der Waals surface area contributed by atoms with Crippen molar-refractivity contribution in [3.63, 3.8) is 0 Å². The second-order valence-corrected chi connectivity index (χ2v) is 5.19. The van der Waals surface area contributed by atoms with Crippen LogP contribution in [0.25, 0.3) is 0 Å². The molecule has 0 radical (unpaired) electrons. The Bertz CT molecular complexity index is 447. The predicted molar refractivity (Wildman–Crippen MR) is 64.8 cm³/mol. The van der Waals surface area contributed by atoms with Gasteiger partial charge in [-0.15, -0.1) is 0 Å². The smallest absolute Gasteiger partial charge is 0.299 e. The van der Waals surface area contributed by atoms with E-state index >= 15 is 0 Å². The first-order valence-corrected chi connectivity index (χ1v) is 6.54. The lowest BCUT2D eigenvalue weighted by molar-refractivity contribution is 0.589. The van der Waals surface area contributed by atoms with Crippen LogP contribution in [0.1, 0.15) is 6.92 Å². The first-order chi connectivity index (χ1) is 6.94. The van der Waals surface area contributed by atoms with Crippen LogP contribution in [0.2, 0.25) is 0 Å². The van der Waals surface area contributed by atoms with Crippen LogP contribution in [0, 0.1) is 0 Å². The van der Waals surface area contributed by atoms with Gasteiger partial charge in [0.1, 0.15) is 0 Å². The summed E-state index contributed by atoms with van der Waals surface area (Å²) in [6.45, 7) is 2.05. The van der Waals surface area contributed by atoms with Gasteiger partial charge in [0.2, 0.25) is 0 Å². The van der Waals surface area contributed by atoms with Crippen molar-refractivity contribution in [2.24, 2.45) is 0 Å². The van der Waals surface area contributed by atoms with E-state index in [9.17, 15) is 8.42 Å². The zero-order valence-electron chi connectivity index (χ0n) is 8.12. The van der Waals surface area contributed by atoms with Crippen molar-refractivity contribution in [3.05, 3.63) is 22.7 Å². The third-order valence-electron chi connectivity index (χ3n) is 1.59. The van der Waals surface area contributed by atoms with Crippen molar-refractivity contribution in [2.75, 3.05) is 17.0 Å². The minimum atomic E-state index is -3.48. The fraction of sp³-hybridized carbons (Fsp3) is 0.250. The zero-order chi connectivity index (χ0) is 11.5. The van der Waals surface area contributed by atoms with E-state index in [4.69, 9.17) is 5.73 Å². The van der Waals surface area contributed by atoms with Gasteiger partial charge in [-0.1, -0.05) is 6.92 Å². The number of nitrogens with two attached hydrogens (primary N) is 1. The molecule has 0 heterocycles. The van der Waals surface area contributed by atoms with Crippen molar-refractivity contribution < 1.29 is 8.42 Å². The van der Waals surface area contributed by atoms with E-state index in [-0.39, 0.29) is 0 Å². The van der Waals surface area contributed by atoms with Crippen LogP contribution in [0.15, 0.2) is 22.7 Å². The van der Waals surface area contributed by atoms with Gasteiger partial charge in [0.05, 0.1) is 5.69 Å². The molecule has 1 aromatic carbocycles. The van der Waals surface area contributed by atoms with Crippen LogP contribution in [0.4, 0.5) is 11.4 Å². The molecule has 0 atom stereocenters. The SMILES string of the molecule is CCNS(=O)(=O)Nc1ccc(N)c(Br)c1. The van der Waals surface area contributed by atoms with Crippen LogP contribution in [-0.2, 0) is 10.2 Å². The number of hydrogen-bond acceptors (Lipinski definition) is 3. The van der Waals surface area contributed by atoms with E-state index in [1.165, 1.54) is 0 Å². The summed E-state index contributed by atoms with van der Waals surface area (Å²) in [5.74, 6) is 0. The van der Waals surface area contributed by atoms with Crippen LogP contribution >= 0.6 is 15.9 Å². The van der Waals surface area contributed by atoms with Gasteiger partial charge in [0.15, 0.2) is 0 Å². The number of rotatable bonds is 4. The fourth-order valence-electron chi connectivity index (χ4n) is 0.972. The first-order valence-electron chi connectivity index (χ1n) is 4.27. The third kappa shape index (κ3) is 3.69. The lowest BCUT2D eigenvalue weighted by atomic mass is 10.3. The Labute approximate surface area is 97.4 Å². The number of anilines is 2. The molecule has 0 saturated heterocycles. The molecule has 1 rings (SSSR count). The Balaban J connectivity index is 2.86. The Morgan fingerprint density at radius 2 is 2.13 bits per heavy atom. The molecule has 0 amide bonds. The van der Waals surface area contributed by atoms with Crippen molar-refractivity contribution in [3.8, 4) is 0 Å². The average Bonchev–Trinajstić information content (AvgIpc) is 2.10. The highest BCUT2D eigenvalue weighted by Gasteiger charge is 2.08. The molecule has 0 unspecified atom stereocenters. The molecular formula is C8H12BrN3O2S. The van der Waals surface area contributed by atoms with E-state index in [2.05, 4.69) is 25.4 Å². The van der Waals surface area contributed by atoms with Crippen molar-refractivity contribution in [2.45, 2.75) is 6.92 Å². The van der Waals surface area contributed by atoms with Crippen molar-refractivity contribution >= 4 is 37.5 Å². The summed E-state index contributed by atoms with van der Waals surface area (Å²) in [4.78, 5) is 0. The van der Waals surface area contributed by atoms with E-state index in [1.807, 2.05) is 0 Å². The van der Waals surface area contributed by atoms with Gasteiger partial charge in [-0.3, -0.25) is 4.72 Å². The quantitative estimate of drug-likeness (QED) is 0.732. The summed E-state index contributed by atoms with van der Waals surface area (Å²) in [6.07, 6.45) is 0. The zero-order valence-corrected chi connectivity index (χ0v) is 10.5. The third-order valence-corrected chi connectivity index (χ3v) is 3.45. The molecule has 0 aliphatic carbocycles. The van der Waals surface area contributed by atoms with Crippen molar-refractivity contribution in [1.29, 1.82) is 0 Å². The summed E-state index contributed by atoms with van der Waals surface area (Å²) in [5.41, 5.74) is 6.58. The largest absolute Gasteiger partial charge is 0.398 e. The minimum absolute atomic E-state index is 0.339. The molecule has 84 valence electrons. The maximum atomic E-state index is 11.3. The molecule has 4 N–H and O–H groups in total. The van der Waals surface area contributed by atoms with Gasteiger partial charge in [-0.05, 0) is 34.1 Å². The van der Waals surface area contributed by atoms with Crippen LogP contribution in [0.5, 0.6) is 0 Å². The summed E-state index contributed by atoms with van der Waals surface area (Å²) < 4.78 is 28.0. The van der Waals surface area contributed by atoms with E-state index < -0.39 is 10.2 Å². The van der Waals surface area contributed by atoms with Crippen LogP contribution < -0.4 is 15.2 Å². The summed E-state index contributed by atoms with van der Waals surface area (Å²) in [7, 11) is -3.48. The molecule has 0 aliphatic rings. The van der Waals surface area contributed by atoms with Gasteiger partial charge in [0, 0.05) is 16.7 Å². The molecule has 0 aromatic heterocycles. The number of halogens is 1. The van der Waals surface area contributed by atoms with Gasteiger partial charge < -0.3 is 5.73 Å². The molecule has 1 aromatic rings. The van der Waals surface area contributed by atoms with E-state index in [1.54, 1.807) is 25.1 Å². The minimum Gasteiger partial charge on any atom is -0.398 e. The highest BCUT2D eigenvalue weighted by atomic mass is 79.9. The number of nitrogens with one attached hydrogen (secondary N) is 2. The monoisotopic (exact) mass is 293 g/mol. The molecule has 0 saturated carbocycles. The molecule has 5 nitrogen and oxygen atoms in total. The molecule has 15 heavy (non-hydrogen) atoms. The fourth-order valence-corrected chi connectivity index (χ4v) is 2.24. The molecule has 0 bridgehead atoms. The summed E-state index contributed by atoms with van der Waals surface area (Å²) in [5, 5.41) is 0. The van der Waals surface area contributed by atoms with Gasteiger partial charge in [-0.25, -0.2) is 0 Å². The lowest BCUT2D eigenvalue weighted by Gasteiger charge is -2.08. The van der Waals surface area contributed by atoms with E-state index in [0.29, 0.717) is 22.4 Å². The Morgan fingerprint density at radius 1 is 1.47 bits per heavy atom. The van der Waals surface area contributed by atoms with Crippen LogP contribution in [-0.4, -0.2) is 15.0 Å². The van der Waals surface area contributed by atoms with Gasteiger partial charge >= 0.3 is 0 Å². The average molecular weight is 294 g/mol. The second kappa shape index (κ2) is 4.82. The number of benzene rings is 1. The first kappa shape index (κ1) is 12.3. The number of hydrogen-bond donors (Lipinski definition) is 3. The highest BCUT2D eigenvalue weighted by molar-refractivity contribution is 9.10. The van der Waals surface area contributed by atoms with Gasteiger partial charge in [-0.2, -0.15) is 13.1 Å². The molecule has 0 aliphatic heterocycles. The van der Waals surface area contributed by atoms with E-state index in [0.717, 1.165) is 0 Å². The molecule has 7 heteroatoms. The molecule has 0 spiro atoms. The summed E-state index contributed by atoms with van der Waals surface area (Å²) in [6, 6.07) is 4.81. The standard InChI is InChI=1S/C8H12BrN3O2S/c1-2-11-15(13,14)12-6-3-4-8(10)7(9)5-6/h3-5,11-12H,2,10H2,1H3. The molecular weight excluding hydrogens is 282 g/mol. The Morgan fingerprint density at radius 3 is 2.67 bits per heavy atom. The maximum Gasteiger partial charge on any atom is 0.299 e. The molecule has 0 fully saturated rings. The topological polar surface area (TPSA) is 84.2 Å². The number of nitrogen functional groups attached to an aromatic ring is 1. The summed E-state index contributed by atoms with van der Waals surface area (Å²) >= 11 is 3.21. The van der Waals surface area contributed by atoms with Crippen molar-refractivity contribution in [1.82, 2.24) is 4.72 Å².